The topological polar surface area (TPSA) is 92.0 Å². The van der Waals surface area contributed by atoms with E-state index in [0.29, 0.717) is 18.2 Å². The number of ether oxygens (including phenoxy) is 1. The Balaban J connectivity index is 1.71. The summed E-state index contributed by atoms with van der Waals surface area (Å²) in [5, 5.41) is 17.7. The second-order valence-electron chi connectivity index (χ2n) is 6.07. The Morgan fingerprint density at radius 3 is 3.04 bits per heavy atom. The third-order valence-electron chi connectivity index (χ3n) is 4.17. The van der Waals surface area contributed by atoms with Crippen molar-refractivity contribution in [1.29, 1.82) is 5.41 Å². The van der Waals surface area contributed by atoms with E-state index in [-0.39, 0.29) is 11.9 Å². The van der Waals surface area contributed by atoms with Crippen LogP contribution in [0.2, 0.25) is 0 Å². The van der Waals surface area contributed by atoms with E-state index in [0.717, 1.165) is 42.6 Å². The number of hydrogen-bond donors (Lipinski definition) is 3. The highest BCUT2D eigenvalue weighted by Gasteiger charge is 2.31. The van der Waals surface area contributed by atoms with Gasteiger partial charge in [0.05, 0.1) is 12.2 Å². The van der Waals surface area contributed by atoms with Gasteiger partial charge in [0.15, 0.2) is 5.69 Å². The monoisotopic (exact) mass is 325 g/mol. The Kier molecular flexibility index (Phi) is 3.68. The summed E-state index contributed by atoms with van der Waals surface area (Å²) in [6, 6.07) is 0.279. The summed E-state index contributed by atoms with van der Waals surface area (Å²) in [5.41, 5.74) is 2.81. The number of aromatic nitrogens is 2. The first-order valence-corrected chi connectivity index (χ1v) is 8.16. The van der Waals surface area contributed by atoms with E-state index in [2.05, 4.69) is 15.7 Å². The summed E-state index contributed by atoms with van der Waals surface area (Å²) in [4.78, 5) is 12.6. The number of fused-ring (bicyclic) bond motifs is 1. The van der Waals surface area contributed by atoms with E-state index in [4.69, 9.17) is 10.1 Å². The van der Waals surface area contributed by atoms with Crippen LogP contribution in [0.15, 0.2) is 30.1 Å². The van der Waals surface area contributed by atoms with Gasteiger partial charge in [0.25, 0.3) is 5.91 Å². The molecular formula is C17H19N5O2. The fourth-order valence-corrected chi connectivity index (χ4v) is 2.81. The first-order chi connectivity index (χ1) is 11.8. The maximum absolute atomic E-state index is 12.6. The summed E-state index contributed by atoms with van der Waals surface area (Å²) in [6.45, 7) is 1.38. The molecule has 0 radical (unpaired) electrons. The van der Waals surface area contributed by atoms with Gasteiger partial charge in [-0.15, -0.1) is 0 Å². The molecule has 124 valence electrons. The zero-order chi connectivity index (χ0) is 16.5. The number of carbonyl (C=O) groups is 1. The summed E-state index contributed by atoms with van der Waals surface area (Å²) in [7, 11) is 0. The van der Waals surface area contributed by atoms with Crippen molar-refractivity contribution in [2.75, 3.05) is 6.61 Å². The van der Waals surface area contributed by atoms with Gasteiger partial charge in [-0.3, -0.25) is 4.79 Å². The van der Waals surface area contributed by atoms with Crippen molar-refractivity contribution in [1.82, 2.24) is 20.4 Å². The van der Waals surface area contributed by atoms with Gasteiger partial charge in [0.2, 0.25) is 5.88 Å². The molecular weight excluding hydrogens is 306 g/mol. The summed E-state index contributed by atoms with van der Waals surface area (Å²) < 4.78 is 7.58. The van der Waals surface area contributed by atoms with Crippen molar-refractivity contribution in [3.05, 3.63) is 41.4 Å². The molecule has 3 N–H and O–H groups in total. The van der Waals surface area contributed by atoms with Crippen molar-refractivity contribution < 1.29 is 9.53 Å². The van der Waals surface area contributed by atoms with Gasteiger partial charge in [-0.1, -0.05) is 6.08 Å². The fraction of sp³-hybridized carbons (Fsp3) is 0.353. The van der Waals surface area contributed by atoms with Crippen molar-refractivity contribution >= 4 is 17.7 Å². The smallest absolute Gasteiger partial charge is 0.272 e. The number of dihydropyridines is 1. The molecule has 24 heavy (non-hydrogen) atoms. The van der Waals surface area contributed by atoms with Gasteiger partial charge in [-0.05, 0) is 25.0 Å². The van der Waals surface area contributed by atoms with Crippen molar-refractivity contribution in [3.63, 3.8) is 0 Å². The van der Waals surface area contributed by atoms with Crippen LogP contribution >= 0.6 is 0 Å². The maximum Gasteiger partial charge on any atom is 0.272 e. The van der Waals surface area contributed by atoms with Gasteiger partial charge >= 0.3 is 0 Å². The number of carbonyl (C=O) groups excluding carboxylic acids is 1. The van der Waals surface area contributed by atoms with Gasteiger partial charge in [0, 0.05) is 42.7 Å². The van der Waals surface area contributed by atoms with Crippen LogP contribution in [0.4, 0.5) is 0 Å². The molecule has 0 atom stereocenters. The molecule has 0 aromatic carbocycles. The lowest BCUT2D eigenvalue weighted by Crippen LogP contribution is -2.27. The molecule has 1 saturated carbocycles. The average Bonchev–Trinajstić information content (AvgIpc) is 3.33. The van der Waals surface area contributed by atoms with Gasteiger partial charge in [-0.2, -0.15) is 5.10 Å². The molecule has 0 saturated heterocycles. The Morgan fingerprint density at radius 2 is 2.33 bits per heavy atom. The van der Waals surface area contributed by atoms with Crippen LogP contribution in [0, 0.1) is 5.41 Å². The third-order valence-corrected chi connectivity index (χ3v) is 4.17. The molecule has 7 nitrogen and oxygen atoms in total. The predicted octanol–water partition coefficient (Wildman–Crippen LogP) is 1.59. The van der Waals surface area contributed by atoms with Gasteiger partial charge < -0.3 is 20.8 Å². The molecule has 4 rings (SSSR count). The van der Waals surface area contributed by atoms with E-state index in [1.165, 1.54) is 6.21 Å². The number of aryl methyl sites for hydroxylation is 1. The zero-order valence-corrected chi connectivity index (χ0v) is 13.2. The lowest BCUT2D eigenvalue weighted by molar-refractivity contribution is 0.0945. The van der Waals surface area contributed by atoms with Gasteiger partial charge in [-0.25, -0.2) is 4.68 Å². The molecule has 2 aliphatic heterocycles. The van der Waals surface area contributed by atoms with Crippen LogP contribution < -0.4 is 15.4 Å². The van der Waals surface area contributed by atoms with Crippen LogP contribution in [0.5, 0.6) is 5.88 Å². The molecule has 1 fully saturated rings. The van der Waals surface area contributed by atoms with Crippen LogP contribution in [-0.2, 0) is 6.54 Å². The van der Waals surface area contributed by atoms with Crippen LogP contribution in [0.1, 0.15) is 35.3 Å². The van der Waals surface area contributed by atoms with Crippen LogP contribution in [0.3, 0.4) is 0 Å². The highest BCUT2D eigenvalue weighted by molar-refractivity contribution is 6.00. The molecule has 1 aromatic rings. The van der Waals surface area contributed by atoms with Crippen molar-refractivity contribution in [2.45, 2.75) is 31.8 Å². The fourth-order valence-electron chi connectivity index (χ4n) is 2.81. The number of amides is 1. The quantitative estimate of drug-likeness (QED) is 0.733. The molecule has 3 heterocycles. The molecule has 0 unspecified atom stereocenters. The number of hydrogen-bond acceptors (Lipinski definition) is 5. The average molecular weight is 325 g/mol. The van der Waals surface area contributed by atoms with E-state index >= 15 is 0 Å². The Morgan fingerprint density at radius 1 is 1.46 bits per heavy atom. The lowest BCUT2D eigenvalue weighted by Gasteiger charge is -2.17. The highest BCUT2D eigenvalue weighted by Crippen LogP contribution is 2.34. The number of allylic oxidation sites excluding steroid dienone is 4. The van der Waals surface area contributed by atoms with Crippen molar-refractivity contribution in [2.24, 2.45) is 0 Å². The van der Waals surface area contributed by atoms with E-state index < -0.39 is 0 Å². The second kappa shape index (κ2) is 5.99. The SMILES string of the molecule is N=C/C=C1/C=CC(c2c(C(=O)NC3CC3)nn3c2OCCC3)=CN1. The molecule has 7 heteroatoms. The zero-order valence-electron chi connectivity index (χ0n) is 13.2. The molecule has 1 aromatic heterocycles. The Labute approximate surface area is 139 Å². The minimum atomic E-state index is -0.145. The molecule has 0 spiro atoms. The lowest BCUT2D eigenvalue weighted by atomic mass is 10.0. The van der Waals surface area contributed by atoms with Crippen LogP contribution in [-0.4, -0.2) is 34.6 Å². The maximum atomic E-state index is 12.6. The standard InChI is InChI=1S/C17H19N5O2/c18-7-6-12-3-2-11(10-19-12)14-15(16(23)20-13-4-5-13)21-22-8-1-9-24-17(14)22/h2-3,6-7,10,13,18-19H,1,4-5,8-9H2,(H,20,23)/b12-6-,18-7?. The summed E-state index contributed by atoms with van der Waals surface area (Å²) in [5.74, 6) is 0.507. The molecule has 3 aliphatic rings. The van der Waals surface area contributed by atoms with Crippen molar-refractivity contribution in [3.8, 4) is 5.88 Å². The van der Waals surface area contributed by atoms with Crippen LogP contribution in [0.25, 0.3) is 5.57 Å². The second-order valence-corrected chi connectivity index (χ2v) is 6.07. The van der Waals surface area contributed by atoms with E-state index in [1.807, 2.05) is 18.4 Å². The first kappa shape index (κ1) is 14.7. The summed E-state index contributed by atoms with van der Waals surface area (Å²) in [6.07, 6.45) is 11.4. The number of nitrogens with one attached hydrogen (secondary N) is 3. The third kappa shape index (κ3) is 2.73. The molecule has 1 aliphatic carbocycles. The number of nitrogens with zero attached hydrogens (tertiary/aromatic N) is 2. The predicted molar refractivity (Wildman–Crippen MR) is 89.9 cm³/mol. The Hall–Kier alpha value is -2.83. The minimum absolute atomic E-state index is 0.145. The minimum Gasteiger partial charge on any atom is -0.477 e. The normalized spacial score (nSPS) is 20.7. The number of rotatable bonds is 4. The molecule has 0 bridgehead atoms. The first-order valence-electron chi connectivity index (χ1n) is 8.16. The largest absolute Gasteiger partial charge is 0.477 e. The molecule has 1 amide bonds. The van der Waals surface area contributed by atoms with E-state index in [9.17, 15) is 4.79 Å². The van der Waals surface area contributed by atoms with Gasteiger partial charge in [0.1, 0.15) is 0 Å². The highest BCUT2D eigenvalue weighted by atomic mass is 16.5. The summed E-state index contributed by atoms with van der Waals surface area (Å²) >= 11 is 0. The van der Waals surface area contributed by atoms with E-state index in [1.54, 1.807) is 10.8 Å². The Bertz CT molecular complexity index is 783.